The molecule has 0 atom stereocenters. The summed E-state index contributed by atoms with van der Waals surface area (Å²) in [6, 6.07) is 0. The molecule has 0 aliphatic heterocycles. The van der Waals surface area contributed by atoms with Crippen LogP contribution < -0.4 is 0 Å². The first-order chi connectivity index (χ1) is 3.68. The van der Waals surface area contributed by atoms with E-state index in [1.165, 1.54) is 0 Å². The van der Waals surface area contributed by atoms with Crippen molar-refractivity contribution in [2.45, 2.75) is 13.8 Å². The first-order valence-corrected chi connectivity index (χ1v) is 2.51. The lowest BCUT2D eigenvalue weighted by molar-refractivity contribution is -0.138. The molecule has 0 aromatic rings. The van der Waals surface area contributed by atoms with Gasteiger partial charge in [0.05, 0.1) is 6.61 Å². The standard InChI is InChI=1S/C6H10O2.FH/c1-4-8-6(7)5(2)3;/h2,4H2,1,3H3;1H. The van der Waals surface area contributed by atoms with Crippen LogP contribution in [0.1, 0.15) is 13.8 Å². The van der Waals surface area contributed by atoms with Gasteiger partial charge in [0.1, 0.15) is 0 Å². The normalized spacial score (nSPS) is 7.33. The average Bonchev–Trinajstić information content (AvgIpc) is 1.67. The third kappa shape index (κ3) is 5.00. The van der Waals surface area contributed by atoms with Gasteiger partial charge in [-0.3, -0.25) is 4.70 Å². The molecule has 0 bridgehead atoms. The van der Waals surface area contributed by atoms with E-state index < -0.39 is 0 Å². The van der Waals surface area contributed by atoms with Crippen molar-refractivity contribution in [2.75, 3.05) is 6.61 Å². The molecular weight excluding hydrogens is 123 g/mol. The molecule has 0 aliphatic rings. The number of carbonyl (C=O) groups excluding carboxylic acids is 1. The fourth-order valence-electron chi connectivity index (χ4n) is 0.254. The maximum absolute atomic E-state index is 10.4. The second kappa shape index (κ2) is 5.28. The van der Waals surface area contributed by atoms with Crippen LogP contribution in [-0.2, 0) is 9.53 Å². The van der Waals surface area contributed by atoms with Crippen molar-refractivity contribution in [1.29, 1.82) is 0 Å². The summed E-state index contributed by atoms with van der Waals surface area (Å²) in [5.74, 6) is -0.312. The Morgan fingerprint density at radius 3 is 2.22 bits per heavy atom. The third-order valence-electron chi connectivity index (χ3n) is 0.624. The van der Waals surface area contributed by atoms with Crippen molar-refractivity contribution in [1.82, 2.24) is 0 Å². The van der Waals surface area contributed by atoms with Gasteiger partial charge in [-0.05, 0) is 13.8 Å². The molecule has 0 rings (SSSR count). The SMILES string of the molecule is C=C(C)C(=O)OCC.F. The van der Waals surface area contributed by atoms with Gasteiger partial charge < -0.3 is 4.74 Å². The Balaban J connectivity index is 0. The van der Waals surface area contributed by atoms with Crippen LogP contribution in [0.2, 0.25) is 0 Å². The van der Waals surface area contributed by atoms with E-state index >= 15 is 0 Å². The fourth-order valence-corrected chi connectivity index (χ4v) is 0.254. The van der Waals surface area contributed by atoms with E-state index in [4.69, 9.17) is 0 Å². The Hall–Kier alpha value is -0.860. The van der Waals surface area contributed by atoms with Crippen molar-refractivity contribution in [2.24, 2.45) is 0 Å². The highest BCUT2D eigenvalue weighted by Crippen LogP contribution is 1.89. The lowest BCUT2D eigenvalue weighted by Crippen LogP contribution is -2.03. The van der Waals surface area contributed by atoms with Crippen LogP contribution in [0, 0.1) is 0 Å². The monoisotopic (exact) mass is 134 g/mol. The largest absolute Gasteiger partial charge is 0.463 e. The summed E-state index contributed by atoms with van der Waals surface area (Å²) < 4.78 is 4.56. The van der Waals surface area contributed by atoms with Gasteiger partial charge in [0, 0.05) is 5.57 Å². The molecule has 0 amide bonds. The third-order valence-corrected chi connectivity index (χ3v) is 0.624. The Labute approximate surface area is 53.9 Å². The van der Waals surface area contributed by atoms with Gasteiger partial charge >= 0.3 is 5.97 Å². The summed E-state index contributed by atoms with van der Waals surface area (Å²) in [5, 5.41) is 0. The minimum Gasteiger partial charge on any atom is -0.463 e. The summed E-state index contributed by atoms with van der Waals surface area (Å²) in [5.41, 5.74) is 0.451. The molecule has 0 N–H and O–H groups in total. The van der Waals surface area contributed by atoms with Crippen LogP contribution >= 0.6 is 0 Å². The predicted octanol–water partition coefficient (Wildman–Crippen LogP) is 1.28. The summed E-state index contributed by atoms with van der Waals surface area (Å²) in [6.07, 6.45) is 0. The first-order valence-electron chi connectivity index (χ1n) is 2.51. The summed E-state index contributed by atoms with van der Waals surface area (Å²) >= 11 is 0. The Kier molecular flexibility index (Phi) is 6.46. The molecule has 0 aliphatic carbocycles. The van der Waals surface area contributed by atoms with Crippen LogP contribution in [0.5, 0.6) is 0 Å². The number of ether oxygens (including phenoxy) is 1. The Bertz CT molecular complexity index is 110. The molecular formula is C6H11FO2. The van der Waals surface area contributed by atoms with Gasteiger partial charge in [0.15, 0.2) is 0 Å². The van der Waals surface area contributed by atoms with Gasteiger partial charge in [-0.15, -0.1) is 0 Å². The molecule has 0 saturated heterocycles. The maximum atomic E-state index is 10.4. The van der Waals surface area contributed by atoms with Crippen LogP contribution in [0.3, 0.4) is 0 Å². The topological polar surface area (TPSA) is 26.3 Å². The molecule has 3 heteroatoms. The van der Waals surface area contributed by atoms with E-state index in [2.05, 4.69) is 11.3 Å². The fraction of sp³-hybridized carbons (Fsp3) is 0.500. The van der Waals surface area contributed by atoms with Gasteiger partial charge in [-0.1, -0.05) is 6.58 Å². The average molecular weight is 134 g/mol. The number of hydrogen-bond acceptors (Lipinski definition) is 2. The van der Waals surface area contributed by atoms with E-state index in [9.17, 15) is 4.79 Å². The van der Waals surface area contributed by atoms with Gasteiger partial charge in [-0.25, -0.2) is 4.79 Å². The summed E-state index contributed by atoms with van der Waals surface area (Å²) in [6.45, 7) is 7.21. The van der Waals surface area contributed by atoms with Crippen LogP contribution in [0.15, 0.2) is 12.2 Å². The van der Waals surface area contributed by atoms with Gasteiger partial charge in [0.2, 0.25) is 0 Å². The molecule has 0 spiro atoms. The highest BCUT2D eigenvalue weighted by atomic mass is 19.0. The zero-order valence-corrected chi connectivity index (χ0v) is 5.64. The highest BCUT2D eigenvalue weighted by Gasteiger charge is 1.98. The van der Waals surface area contributed by atoms with Gasteiger partial charge in [-0.2, -0.15) is 0 Å². The Morgan fingerprint density at radius 2 is 2.11 bits per heavy atom. The molecule has 2 nitrogen and oxygen atoms in total. The van der Waals surface area contributed by atoms with Gasteiger partial charge in [0.25, 0.3) is 0 Å². The molecule has 0 radical (unpaired) electrons. The quantitative estimate of drug-likeness (QED) is 0.420. The lowest BCUT2D eigenvalue weighted by atomic mass is 10.4. The number of hydrogen-bond donors (Lipinski definition) is 0. The molecule has 0 heterocycles. The van der Waals surface area contributed by atoms with E-state index in [1.807, 2.05) is 0 Å². The molecule has 0 unspecified atom stereocenters. The smallest absolute Gasteiger partial charge is 0.333 e. The van der Waals surface area contributed by atoms with Crippen molar-refractivity contribution in [3.63, 3.8) is 0 Å². The molecule has 0 fully saturated rings. The van der Waals surface area contributed by atoms with Crippen molar-refractivity contribution < 1.29 is 14.2 Å². The number of carbonyl (C=O) groups is 1. The minimum atomic E-state index is -0.312. The number of rotatable bonds is 2. The van der Waals surface area contributed by atoms with Crippen LogP contribution in [0.4, 0.5) is 4.70 Å². The van der Waals surface area contributed by atoms with E-state index in [0.29, 0.717) is 12.2 Å². The first kappa shape index (κ1) is 11.0. The second-order valence-electron chi connectivity index (χ2n) is 1.50. The zero-order chi connectivity index (χ0) is 6.57. The molecule has 0 saturated carbocycles. The maximum Gasteiger partial charge on any atom is 0.333 e. The van der Waals surface area contributed by atoms with Crippen LogP contribution in [-0.4, -0.2) is 12.6 Å². The highest BCUT2D eigenvalue weighted by molar-refractivity contribution is 5.86. The van der Waals surface area contributed by atoms with Crippen molar-refractivity contribution in [3.05, 3.63) is 12.2 Å². The van der Waals surface area contributed by atoms with E-state index in [-0.39, 0.29) is 10.7 Å². The number of esters is 1. The Morgan fingerprint density at radius 1 is 1.67 bits per heavy atom. The molecule has 9 heavy (non-hydrogen) atoms. The van der Waals surface area contributed by atoms with Crippen molar-refractivity contribution >= 4 is 5.97 Å². The minimum absolute atomic E-state index is 0. The number of halogens is 1. The molecule has 0 aromatic carbocycles. The lowest BCUT2D eigenvalue weighted by Gasteiger charge is -1.96. The summed E-state index contributed by atoms with van der Waals surface area (Å²) in [4.78, 5) is 10.4. The zero-order valence-electron chi connectivity index (χ0n) is 5.64. The van der Waals surface area contributed by atoms with Crippen molar-refractivity contribution in [3.8, 4) is 0 Å². The van der Waals surface area contributed by atoms with E-state index in [0.717, 1.165) is 0 Å². The predicted molar refractivity (Wildman–Crippen MR) is 33.9 cm³/mol. The second-order valence-corrected chi connectivity index (χ2v) is 1.50. The molecule has 0 aromatic heterocycles. The van der Waals surface area contributed by atoms with Crippen LogP contribution in [0.25, 0.3) is 0 Å². The summed E-state index contributed by atoms with van der Waals surface area (Å²) in [7, 11) is 0. The molecule has 54 valence electrons. The van der Waals surface area contributed by atoms with E-state index in [1.54, 1.807) is 13.8 Å².